The lowest BCUT2D eigenvalue weighted by Gasteiger charge is -2.12. The Balaban J connectivity index is 0.00000280. The van der Waals surface area contributed by atoms with Crippen molar-refractivity contribution in [2.75, 3.05) is 26.5 Å². The Labute approximate surface area is 182 Å². The number of hydrogen-bond donors (Lipinski definition) is 1. The Morgan fingerprint density at radius 2 is 1.93 bits per heavy atom. The Hall–Kier alpha value is -1.81. The van der Waals surface area contributed by atoms with E-state index in [-0.39, 0.29) is 12.4 Å². The van der Waals surface area contributed by atoms with Gasteiger partial charge in [0.1, 0.15) is 0 Å². The third-order valence-corrected chi connectivity index (χ3v) is 5.28. The molecule has 0 radical (unpaired) electrons. The number of tetrazole rings is 1. The first-order valence-corrected chi connectivity index (χ1v) is 10.1. The average molecular weight is 487 g/mol. The normalized spacial score (nSPS) is 10.4. The lowest BCUT2D eigenvalue weighted by Crippen LogP contribution is -2.17. The van der Waals surface area contributed by atoms with E-state index in [2.05, 4.69) is 36.8 Å². The van der Waals surface area contributed by atoms with Gasteiger partial charge in [-0.3, -0.25) is 0 Å². The van der Waals surface area contributed by atoms with Gasteiger partial charge in [0.25, 0.3) is 0 Å². The van der Waals surface area contributed by atoms with Crippen molar-refractivity contribution < 1.29 is 9.47 Å². The molecule has 0 aliphatic rings. The van der Waals surface area contributed by atoms with Crippen LogP contribution in [0.3, 0.4) is 0 Å². The SMILES string of the molecule is COc1cc(CNCCSc2nnnn2-c2ccccc2)cc(Br)c1OC.Cl. The van der Waals surface area contributed by atoms with Gasteiger partial charge in [0, 0.05) is 18.8 Å². The summed E-state index contributed by atoms with van der Waals surface area (Å²) in [6.45, 7) is 1.54. The molecular weight excluding hydrogens is 466 g/mol. The summed E-state index contributed by atoms with van der Waals surface area (Å²) in [5, 5.41) is 16.1. The molecule has 0 aliphatic heterocycles. The van der Waals surface area contributed by atoms with Gasteiger partial charge in [-0.25, -0.2) is 0 Å². The second-order valence-corrected chi connectivity index (χ2v) is 7.46. The van der Waals surface area contributed by atoms with Gasteiger partial charge < -0.3 is 14.8 Å². The van der Waals surface area contributed by atoms with Crippen molar-refractivity contribution in [2.45, 2.75) is 11.7 Å². The molecule has 0 amide bonds. The van der Waals surface area contributed by atoms with E-state index in [0.717, 1.165) is 39.7 Å². The maximum Gasteiger partial charge on any atom is 0.214 e. The van der Waals surface area contributed by atoms with Crippen molar-refractivity contribution in [3.05, 3.63) is 52.5 Å². The van der Waals surface area contributed by atoms with Crippen LogP contribution in [0, 0.1) is 0 Å². The molecule has 0 fully saturated rings. The van der Waals surface area contributed by atoms with Crippen molar-refractivity contribution in [3.8, 4) is 17.2 Å². The van der Waals surface area contributed by atoms with Crippen LogP contribution in [-0.4, -0.2) is 46.7 Å². The number of thioether (sulfide) groups is 1. The summed E-state index contributed by atoms with van der Waals surface area (Å²) in [4.78, 5) is 0. The fourth-order valence-electron chi connectivity index (χ4n) is 2.52. The number of benzene rings is 2. The highest BCUT2D eigenvalue weighted by atomic mass is 79.9. The molecule has 3 aromatic rings. The van der Waals surface area contributed by atoms with Gasteiger partial charge in [0.2, 0.25) is 5.16 Å². The maximum absolute atomic E-state index is 5.38. The fourth-order valence-corrected chi connectivity index (χ4v) is 3.96. The molecule has 0 atom stereocenters. The van der Waals surface area contributed by atoms with E-state index in [9.17, 15) is 0 Å². The minimum Gasteiger partial charge on any atom is -0.493 e. The van der Waals surface area contributed by atoms with E-state index in [0.29, 0.717) is 11.5 Å². The first-order valence-electron chi connectivity index (χ1n) is 8.30. The van der Waals surface area contributed by atoms with Gasteiger partial charge in [-0.05, 0) is 56.2 Å². The van der Waals surface area contributed by atoms with Crippen LogP contribution in [0.5, 0.6) is 11.5 Å². The number of nitrogens with zero attached hydrogens (tertiary/aromatic N) is 4. The zero-order valence-electron chi connectivity index (χ0n) is 15.5. The Bertz CT molecular complexity index is 882. The second-order valence-electron chi connectivity index (χ2n) is 5.55. The quantitative estimate of drug-likeness (QED) is 0.365. The molecule has 3 rings (SSSR count). The van der Waals surface area contributed by atoms with Crippen LogP contribution in [0.1, 0.15) is 5.56 Å². The average Bonchev–Trinajstić information content (AvgIpc) is 3.16. The molecule has 7 nitrogen and oxygen atoms in total. The topological polar surface area (TPSA) is 74.1 Å². The number of para-hydroxylation sites is 1. The van der Waals surface area contributed by atoms with Crippen LogP contribution in [-0.2, 0) is 6.54 Å². The molecule has 0 aliphatic carbocycles. The van der Waals surface area contributed by atoms with Crippen molar-refractivity contribution in [2.24, 2.45) is 0 Å². The van der Waals surface area contributed by atoms with E-state index in [1.165, 1.54) is 0 Å². The smallest absolute Gasteiger partial charge is 0.214 e. The largest absolute Gasteiger partial charge is 0.493 e. The summed E-state index contributed by atoms with van der Waals surface area (Å²) in [5.41, 5.74) is 2.06. The molecule has 1 N–H and O–H groups in total. The number of aromatic nitrogens is 4. The molecule has 2 aromatic carbocycles. The summed E-state index contributed by atoms with van der Waals surface area (Å²) >= 11 is 5.13. The zero-order valence-corrected chi connectivity index (χ0v) is 18.7. The molecular formula is C18H21BrClN5O2S. The summed E-state index contributed by atoms with van der Waals surface area (Å²) < 4.78 is 13.3. The summed E-state index contributed by atoms with van der Waals surface area (Å²) in [6, 6.07) is 13.9. The van der Waals surface area contributed by atoms with Crippen LogP contribution in [0.4, 0.5) is 0 Å². The lowest BCUT2D eigenvalue weighted by molar-refractivity contribution is 0.352. The van der Waals surface area contributed by atoms with Crippen molar-refractivity contribution in [3.63, 3.8) is 0 Å². The molecule has 10 heteroatoms. The number of ether oxygens (including phenoxy) is 2. The molecule has 0 saturated carbocycles. The molecule has 1 aromatic heterocycles. The molecule has 0 unspecified atom stereocenters. The van der Waals surface area contributed by atoms with Gasteiger partial charge in [0.05, 0.1) is 24.4 Å². The predicted octanol–water partition coefficient (Wildman–Crippen LogP) is 3.75. The van der Waals surface area contributed by atoms with E-state index in [4.69, 9.17) is 9.47 Å². The first-order chi connectivity index (χ1) is 13.2. The predicted molar refractivity (Wildman–Crippen MR) is 116 cm³/mol. The van der Waals surface area contributed by atoms with Crippen LogP contribution in [0.15, 0.2) is 52.1 Å². The lowest BCUT2D eigenvalue weighted by atomic mass is 10.2. The highest BCUT2D eigenvalue weighted by molar-refractivity contribution is 9.10. The maximum atomic E-state index is 5.38. The van der Waals surface area contributed by atoms with E-state index >= 15 is 0 Å². The Morgan fingerprint density at radius 3 is 2.64 bits per heavy atom. The Kier molecular flexibility index (Phi) is 9.04. The minimum atomic E-state index is 0. The molecule has 0 saturated heterocycles. The van der Waals surface area contributed by atoms with Crippen LogP contribution >= 0.6 is 40.1 Å². The van der Waals surface area contributed by atoms with Gasteiger partial charge in [-0.15, -0.1) is 17.5 Å². The number of hydrogen-bond acceptors (Lipinski definition) is 7. The fraction of sp³-hybridized carbons (Fsp3) is 0.278. The van der Waals surface area contributed by atoms with E-state index in [1.54, 1.807) is 30.7 Å². The summed E-state index contributed by atoms with van der Waals surface area (Å²) in [6.07, 6.45) is 0. The summed E-state index contributed by atoms with van der Waals surface area (Å²) in [5.74, 6) is 2.26. The zero-order chi connectivity index (χ0) is 19.1. The van der Waals surface area contributed by atoms with E-state index in [1.807, 2.05) is 42.5 Å². The first kappa shape index (κ1) is 22.5. The molecule has 150 valence electrons. The monoisotopic (exact) mass is 485 g/mol. The van der Waals surface area contributed by atoms with Crippen molar-refractivity contribution >= 4 is 40.1 Å². The van der Waals surface area contributed by atoms with Crippen molar-refractivity contribution in [1.29, 1.82) is 0 Å². The molecule has 0 spiro atoms. The van der Waals surface area contributed by atoms with Crippen LogP contribution in [0.25, 0.3) is 5.69 Å². The van der Waals surface area contributed by atoms with Crippen molar-refractivity contribution in [1.82, 2.24) is 25.5 Å². The standard InChI is InChI=1S/C18H20BrN5O2S.ClH/c1-25-16-11-13(10-15(19)17(16)26-2)12-20-8-9-27-18-21-22-23-24(18)14-6-4-3-5-7-14;/h3-7,10-11,20H,8-9,12H2,1-2H3;1H. The molecule has 1 heterocycles. The number of methoxy groups -OCH3 is 2. The number of nitrogens with one attached hydrogen (secondary N) is 1. The third kappa shape index (κ3) is 5.60. The number of halogens is 2. The third-order valence-electron chi connectivity index (χ3n) is 3.77. The van der Waals surface area contributed by atoms with Gasteiger partial charge in [-0.1, -0.05) is 30.0 Å². The van der Waals surface area contributed by atoms with Crippen LogP contribution in [0.2, 0.25) is 0 Å². The second kappa shape index (κ2) is 11.3. The molecule has 0 bridgehead atoms. The minimum absolute atomic E-state index is 0. The summed E-state index contributed by atoms with van der Waals surface area (Å²) in [7, 11) is 3.26. The highest BCUT2D eigenvalue weighted by Crippen LogP contribution is 2.36. The Morgan fingerprint density at radius 1 is 1.14 bits per heavy atom. The van der Waals surface area contributed by atoms with Crippen LogP contribution < -0.4 is 14.8 Å². The van der Waals surface area contributed by atoms with E-state index < -0.39 is 0 Å². The number of rotatable bonds is 9. The van der Waals surface area contributed by atoms with Gasteiger partial charge in [0.15, 0.2) is 11.5 Å². The van der Waals surface area contributed by atoms with Gasteiger partial charge in [-0.2, -0.15) is 4.68 Å². The van der Waals surface area contributed by atoms with Gasteiger partial charge >= 0.3 is 0 Å². The highest BCUT2D eigenvalue weighted by Gasteiger charge is 2.11. The molecule has 28 heavy (non-hydrogen) atoms.